The maximum atomic E-state index is 13.2. The third-order valence-corrected chi connectivity index (χ3v) is 4.93. The van der Waals surface area contributed by atoms with Crippen molar-refractivity contribution in [2.75, 3.05) is 6.61 Å². The number of carbonyl (C=O) groups is 2. The van der Waals surface area contributed by atoms with Crippen LogP contribution in [0.25, 0.3) is 0 Å². The fourth-order valence-corrected chi connectivity index (χ4v) is 3.45. The van der Waals surface area contributed by atoms with Crippen LogP contribution in [0.2, 0.25) is 0 Å². The number of nitrogens with zero attached hydrogens (tertiary/aromatic N) is 1. The lowest BCUT2D eigenvalue weighted by atomic mass is 10.1. The van der Waals surface area contributed by atoms with E-state index in [2.05, 4.69) is 5.32 Å². The van der Waals surface area contributed by atoms with Crippen LogP contribution in [0, 0.1) is 15.9 Å². The highest BCUT2D eigenvalue weighted by Crippen LogP contribution is 2.26. The van der Waals surface area contributed by atoms with Gasteiger partial charge in [-0.05, 0) is 35.2 Å². The van der Waals surface area contributed by atoms with E-state index in [0.717, 1.165) is 4.88 Å². The minimum absolute atomic E-state index is 0.237. The van der Waals surface area contributed by atoms with Gasteiger partial charge in [-0.2, -0.15) is 0 Å². The van der Waals surface area contributed by atoms with E-state index in [1.165, 1.54) is 47.7 Å². The normalized spacial score (nSPS) is 11.5. The average Bonchev–Trinajstić information content (AvgIpc) is 3.25. The third kappa shape index (κ3) is 5.02. The Hall–Kier alpha value is -3.59. The number of benzene rings is 2. The molecule has 29 heavy (non-hydrogen) atoms. The van der Waals surface area contributed by atoms with Crippen LogP contribution >= 0.6 is 11.3 Å². The lowest BCUT2D eigenvalue weighted by Gasteiger charge is -2.18. The highest BCUT2D eigenvalue weighted by molar-refractivity contribution is 7.10. The van der Waals surface area contributed by atoms with Crippen LogP contribution in [0.1, 0.15) is 26.8 Å². The summed E-state index contributed by atoms with van der Waals surface area (Å²) in [6, 6.07) is 14.1. The molecule has 3 rings (SSSR count). The van der Waals surface area contributed by atoms with Gasteiger partial charge in [-0.15, -0.1) is 11.3 Å². The Morgan fingerprint density at radius 3 is 2.48 bits per heavy atom. The van der Waals surface area contributed by atoms with Gasteiger partial charge in [0.25, 0.3) is 11.6 Å². The van der Waals surface area contributed by atoms with Crippen LogP contribution in [0.15, 0.2) is 66.0 Å². The second-order valence-corrected chi connectivity index (χ2v) is 6.90. The number of hydrogen-bond donors (Lipinski definition) is 1. The molecule has 7 nitrogen and oxygen atoms in total. The number of nitro groups is 1. The predicted molar refractivity (Wildman–Crippen MR) is 104 cm³/mol. The number of amides is 1. The van der Waals surface area contributed by atoms with Gasteiger partial charge in [-0.25, -0.2) is 9.18 Å². The quantitative estimate of drug-likeness (QED) is 0.360. The summed E-state index contributed by atoms with van der Waals surface area (Å²) in [6.45, 7) is -0.617. The summed E-state index contributed by atoms with van der Waals surface area (Å²) in [6.07, 6.45) is 0. The molecule has 1 N–H and O–H groups in total. The van der Waals surface area contributed by atoms with Gasteiger partial charge < -0.3 is 10.1 Å². The first-order valence-corrected chi connectivity index (χ1v) is 9.32. The molecule has 148 valence electrons. The summed E-state index contributed by atoms with van der Waals surface area (Å²) in [4.78, 5) is 35.6. The van der Waals surface area contributed by atoms with Gasteiger partial charge in [-0.3, -0.25) is 14.9 Å². The van der Waals surface area contributed by atoms with Gasteiger partial charge in [0.1, 0.15) is 11.4 Å². The zero-order chi connectivity index (χ0) is 20.8. The summed E-state index contributed by atoms with van der Waals surface area (Å²) in [5, 5.41) is 15.6. The Balaban J connectivity index is 1.69. The molecule has 0 aliphatic rings. The van der Waals surface area contributed by atoms with E-state index in [9.17, 15) is 24.1 Å². The van der Waals surface area contributed by atoms with Gasteiger partial charge in [0, 0.05) is 10.9 Å². The Labute approximate surface area is 168 Å². The predicted octanol–water partition coefficient (Wildman–Crippen LogP) is 3.86. The monoisotopic (exact) mass is 414 g/mol. The van der Waals surface area contributed by atoms with E-state index >= 15 is 0 Å². The zero-order valence-corrected chi connectivity index (χ0v) is 15.7. The van der Waals surface area contributed by atoms with Gasteiger partial charge in [-0.1, -0.05) is 30.3 Å². The maximum absolute atomic E-state index is 13.2. The van der Waals surface area contributed by atoms with Crippen LogP contribution < -0.4 is 5.32 Å². The molecule has 1 amide bonds. The SMILES string of the molecule is O=C(COC(=O)c1ccccc1[N+](=O)[O-])N[C@H](c1ccc(F)cc1)c1cccs1. The summed E-state index contributed by atoms with van der Waals surface area (Å²) in [5.74, 6) is -1.97. The molecule has 0 unspecified atom stereocenters. The second-order valence-electron chi connectivity index (χ2n) is 5.92. The first-order valence-electron chi connectivity index (χ1n) is 8.44. The van der Waals surface area contributed by atoms with Crippen molar-refractivity contribution in [3.63, 3.8) is 0 Å². The standard InChI is InChI=1S/C20H15FN2O5S/c21-14-9-7-13(8-10-14)19(17-6-3-11-29-17)22-18(24)12-28-20(25)15-4-1-2-5-16(15)23(26)27/h1-11,19H,12H2,(H,22,24)/t19-/m1/s1. The molecule has 3 aromatic rings. The van der Waals surface area contributed by atoms with E-state index in [0.29, 0.717) is 5.56 Å². The van der Waals surface area contributed by atoms with Crippen molar-refractivity contribution in [3.05, 3.63) is 98.0 Å². The van der Waals surface area contributed by atoms with Crippen LogP contribution in [0.5, 0.6) is 0 Å². The van der Waals surface area contributed by atoms with Gasteiger partial charge in [0.05, 0.1) is 11.0 Å². The molecular weight excluding hydrogens is 399 g/mol. The number of carbonyl (C=O) groups excluding carboxylic acids is 2. The Kier molecular flexibility index (Phi) is 6.30. The van der Waals surface area contributed by atoms with Crippen molar-refractivity contribution in [2.24, 2.45) is 0 Å². The molecule has 1 atom stereocenters. The molecule has 0 aliphatic carbocycles. The van der Waals surface area contributed by atoms with Gasteiger partial charge in [0.2, 0.25) is 0 Å². The van der Waals surface area contributed by atoms with Crippen molar-refractivity contribution in [1.29, 1.82) is 0 Å². The molecule has 0 radical (unpaired) electrons. The third-order valence-electron chi connectivity index (χ3n) is 3.99. The Morgan fingerprint density at radius 2 is 1.83 bits per heavy atom. The van der Waals surface area contributed by atoms with Crippen LogP contribution in [0.4, 0.5) is 10.1 Å². The van der Waals surface area contributed by atoms with E-state index in [4.69, 9.17) is 4.74 Å². The molecule has 0 spiro atoms. The van der Waals surface area contributed by atoms with Crippen molar-refractivity contribution in [1.82, 2.24) is 5.32 Å². The average molecular weight is 414 g/mol. The number of nitro benzene ring substituents is 1. The fraction of sp³-hybridized carbons (Fsp3) is 0.100. The Bertz CT molecular complexity index is 1020. The number of rotatable bonds is 7. The smallest absolute Gasteiger partial charge is 0.345 e. The number of para-hydroxylation sites is 1. The summed E-state index contributed by atoms with van der Waals surface area (Å²) >= 11 is 1.41. The van der Waals surface area contributed by atoms with Crippen LogP contribution in [-0.4, -0.2) is 23.4 Å². The van der Waals surface area contributed by atoms with Crippen molar-refractivity contribution in [2.45, 2.75) is 6.04 Å². The number of thiophene rings is 1. The lowest BCUT2D eigenvalue weighted by molar-refractivity contribution is -0.385. The molecule has 0 fully saturated rings. The summed E-state index contributed by atoms with van der Waals surface area (Å²) in [5.41, 5.74) is 0.0200. The summed E-state index contributed by atoms with van der Waals surface area (Å²) < 4.78 is 18.2. The van der Waals surface area contributed by atoms with E-state index in [1.54, 1.807) is 12.1 Å². The van der Waals surface area contributed by atoms with E-state index in [1.807, 2.05) is 17.5 Å². The number of nitrogens with one attached hydrogen (secondary N) is 1. The van der Waals surface area contributed by atoms with Gasteiger partial charge in [0.15, 0.2) is 6.61 Å². The van der Waals surface area contributed by atoms with E-state index in [-0.39, 0.29) is 5.56 Å². The maximum Gasteiger partial charge on any atom is 0.345 e. The fourth-order valence-electron chi connectivity index (χ4n) is 2.65. The second kappa shape index (κ2) is 9.07. The molecule has 0 saturated heterocycles. The topological polar surface area (TPSA) is 98.5 Å². The molecule has 1 heterocycles. The highest BCUT2D eigenvalue weighted by Gasteiger charge is 2.23. The zero-order valence-electron chi connectivity index (χ0n) is 14.9. The van der Waals surface area contributed by atoms with Crippen LogP contribution in [-0.2, 0) is 9.53 Å². The number of esters is 1. The highest BCUT2D eigenvalue weighted by atomic mass is 32.1. The molecular formula is C20H15FN2O5S. The first kappa shape index (κ1) is 20.2. The molecule has 0 aliphatic heterocycles. The molecule has 0 bridgehead atoms. The minimum atomic E-state index is -0.970. The number of hydrogen-bond acceptors (Lipinski definition) is 6. The molecule has 9 heteroatoms. The molecule has 2 aromatic carbocycles. The first-order chi connectivity index (χ1) is 14.0. The van der Waals surface area contributed by atoms with Gasteiger partial charge >= 0.3 is 5.97 Å². The van der Waals surface area contributed by atoms with Crippen molar-refractivity contribution >= 4 is 28.9 Å². The van der Waals surface area contributed by atoms with E-state index < -0.39 is 41.0 Å². The van der Waals surface area contributed by atoms with Crippen molar-refractivity contribution in [3.8, 4) is 0 Å². The lowest BCUT2D eigenvalue weighted by Crippen LogP contribution is -2.32. The summed E-state index contributed by atoms with van der Waals surface area (Å²) in [7, 11) is 0. The Morgan fingerprint density at radius 1 is 1.10 bits per heavy atom. The molecule has 1 aromatic heterocycles. The number of ether oxygens (including phenoxy) is 1. The molecule has 0 saturated carbocycles. The minimum Gasteiger partial charge on any atom is -0.452 e. The largest absolute Gasteiger partial charge is 0.452 e. The number of halogens is 1. The van der Waals surface area contributed by atoms with Crippen LogP contribution in [0.3, 0.4) is 0 Å². The van der Waals surface area contributed by atoms with Crippen molar-refractivity contribution < 1.29 is 23.6 Å².